The van der Waals surface area contributed by atoms with Crippen molar-refractivity contribution in [2.24, 2.45) is 11.3 Å². The van der Waals surface area contributed by atoms with Crippen LogP contribution in [0.4, 0.5) is 0 Å². The predicted molar refractivity (Wildman–Crippen MR) is 119 cm³/mol. The molecular formula is C24H34N4O2. The number of likely N-dealkylation sites (tertiary alicyclic amines) is 1. The minimum Gasteiger partial charge on any atom is -0.355 e. The summed E-state index contributed by atoms with van der Waals surface area (Å²) in [5, 5.41) is 7.71. The maximum atomic E-state index is 13.1. The molecule has 1 aliphatic heterocycles. The summed E-state index contributed by atoms with van der Waals surface area (Å²) in [6.45, 7) is 11.9. The Kier molecular flexibility index (Phi) is 6.64. The van der Waals surface area contributed by atoms with Crippen LogP contribution in [0.2, 0.25) is 0 Å². The maximum Gasteiger partial charge on any atom is 0.227 e. The van der Waals surface area contributed by atoms with Crippen LogP contribution in [0.3, 0.4) is 0 Å². The van der Waals surface area contributed by atoms with Crippen molar-refractivity contribution in [1.29, 1.82) is 0 Å². The van der Waals surface area contributed by atoms with E-state index in [1.165, 1.54) is 0 Å². The Morgan fingerprint density at radius 1 is 1.17 bits per heavy atom. The number of hydrogen-bond donors (Lipinski definition) is 1. The van der Waals surface area contributed by atoms with Crippen molar-refractivity contribution in [2.75, 3.05) is 19.6 Å². The number of aromatic nitrogens is 2. The van der Waals surface area contributed by atoms with Gasteiger partial charge in [0.05, 0.1) is 17.8 Å². The smallest absolute Gasteiger partial charge is 0.227 e. The van der Waals surface area contributed by atoms with Gasteiger partial charge in [-0.3, -0.25) is 9.59 Å². The zero-order chi connectivity index (χ0) is 21.9. The molecule has 162 valence electrons. The van der Waals surface area contributed by atoms with Crippen LogP contribution in [0, 0.1) is 25.2 Å². The van der Waals surface area contributed by atoms with E-state index in [0.717, 1.165) is 42.0 Å². The van der Waals surface area contributed by atoms with Crippen molar-refractivity contribution in [3.05, 3.63) is 47.3 Å². The average Bonchev–Trinajstić information content (AvgIpc) is 3.00. The lowest BCUT2D eigenvalue weighted by Crippen LogP contribution is -2.45. The van der Waals surface area contributed by atoms with Gasteiger partial charge in [0, 0.05) is 36.3 Å². The average molecular weight is 411 g/mol. The third kappa shape index (κ3) is 5.10. The van der Waals surface area contributed by atoms with Crippen LogP contribution in [-0.2, 0) is 16.0 Å². The Labute approximate surface area is 179 Å². The summed E-state index contributed by atoms with van der Waals surface area (Å²) in [7, 11) is 0. The number of nitrogens with one attached hydrogen (secondary N) is 1. The first-order chi connectivity index (χ1) is 14.2. The highest BCUT2D eigenvalue weighted by atomic mass is 16.2. The van der Waals surface area contributed by atoms with Crippen molar-refractivity contribution < 1.29 is 9.59 Å². The first kappa shape index (κ1) is 22.1. The van der Waals surface area contributed by atoms with Crippen molar-refractivity contribution in [1.82, 2.24) is 20.0 Å². The molecule has 2 heterocycles. The lowest BCUT2D eigenvalue weighted by atomic mass is 9.93. The van der Waals surface area contributed by atoms with Gasteiger partial charge < -0.3 is 10.2 Å². The molecule has 6 nitrogen and oxygen atoms in total. The van der Waals surface area contributed by atoms with Crippen LogP contribution < -0.4 is 5.32 Å². The van der Waals surface area contributed by atoms with Crippen LogP contribution >= 0.6 is 0 Å². The molecule has 1 saturated heterocycles. The molecule has 2 aromatic rings. The zero-order valence-corrected chi connectivity index (χ0v) is 18.9. The van der Waals surface area contributed by atoms with E-state index in [1.807, 2.05) is 74.5 Å². The van der Waals surface area contributed by atoms with Gasteiger partial charge in [-0.25, -0.2) is 4.68 Å². The van der Waals surface area contributed by atoms with Crippen LogP contribution in [0.15, 0.2) is 30.3 Å². The summed E-state index contributed by atoms with van der Waals surface area (Å²) in [5.41, 5.74) is 3.53. The van der Waals surface area contributed by atoms with Crippen molar-refractivity contribution >= 4 is 11.8 Å². The van der Waals surface area contributed by atoms with E-state index in [4.69, 9.17) is 0 Å². The van der Waals surface area contributed by atoms with Gasteiger partial charge in [-0.1, -0.05) is 39.0 Å². The summed E-state index contributed by atoms with van der Waals surface area (Å²) in [6.07, 6.45) is 2.38. The molecule has 0 aliphatic carbocycles. The fraction of sp³-hybridized carbons (Fsp3) is 0.542. The Hall–Kier alpha value is -2.63. The molecule has 3 rings (SSSR count). The minimum absolute atomic E-state index is 0.0607. The van der Waals surface area contributed by atoms with E-state index in [-0.39, 0.29) is 11.8 Å². The minimum atomic E-state index is -0.391. The van der Waals surface area contributed by atoms with E-state index in [0.29, 0.717) is 25.4 Å². The first-order valence-corrected chi connectivity index (χ1v) is 10.8. The highest BCUT2D eigenvalue weighted by molar-refractivity contribution is 5.81. The summed E-state index contributed by atoms with van der Waals surface area (Å²) in [6, 6.07) is 10.0. The summed E-state index contributed by atoms with van der Waals surface area (Å²) in [5.74, 6) is 0.509. The van der Waals surface area contributed by atoms with E-state index in [1.54, 1.807) is 0 Å². The van der Waals surface area contributed by atoms with Gasteiger partial charge in [0.1, 0.15) is 0 Å². The second kappa shape index (κ2) is 9.02. The maximum absolute atomic E-state index is 13.1. The van der Waals surface area contributed by atoms with E-state index >= 15 is 0 Å². The number of carbonyl (C=O) groups excluding carboxylic acids is 2. The molecule has 2 amide bonds. The Morgan fingerprint density at radius 2 is 1.87 bits per heavy atom. The highest BCUT2D eigenvalue weighted by Crippen LogP contribution is 2.22. The number of amides is 2. The third-order valence-electron chi connectivity index (χ3n) is 5.87. The summed E-state index contributed by atoms with van der Waals surface area (Å²) < 4.78 is 1.92. The van der Waals surface area contributed by atoms with E-state index < -0.39 is 5.41 Å². The SMILES string of the molecule is Cc1nn(-c2ccccc2)c(C)c1CC(=O)N1CCCC(CNC(=O)C(C)(C)C)C1. The molecule has 0 spiro atoms. The number of nitrogens with zero attached hydrogens (tertiary/aromatic N) is 3. The molecule has 0 radical (unpaired) electrons. The molecule has 1 N–H and O–H groups in total. The largest absolute Gasteiger partial charge is 0.355 e. The van der Waals surface area contributed by atoms with Gasteiger partial charge in [-0.15, -0.1) is 0 Å². The van der Waals surface area contributed by atoms with Gasteiger partial charge in [0.25, 0.3) is 0 Å². The number of carbonyl (C=O) groups is 2. The Morgan fingerprint density at radius 3 is 2.53 bits per heavy atom. The van der Waals surface area contributed by atoms with Gasteiger partial charge in [0.15, 0.2) is 0 Å². The number of rotatable bonds is 5. The summed E-state index contributed by atoms with van der Waals surface area (Å²) >= 11 is 0. The third-order valence-corrected chi connectivity index (χ3v) is 5.87. The molecular weight excluding hydrogens is 376 g/mol. The Balaban J connectivity index is 1.63. The topological polar surface area (TPSA) is 67.2 Å². The van der Waals surface area contributed by atoms with E-state index in [2.05, 4.69) is 10.4 Å². The molecule has 1 aromatic carbocycles. The van der Waals surface area contributed by atoms with Gasteiger partial charge in [-0.05, 0) is 44.7 Å². The molecule has 1 aromatic heterocycles. The quantitative estimate of drug-likeness (QED) is 0.821. The number of aryl methyl sites for hydroxylation is 1. The molecule has 1 aliphatic rings. The van der Waals surface area contributed by atoms with Crippen molar-refractivity contribution in [2.45, 2.75) is 53.9 Å². The van der Waals surface area contributed by atoms with E-state index in [9.17, 15) is 9.59 Å². The molecule has 1 atom stereocenters. The normalized spacial score (nSPS) is 17.1. The fourth-order valence-corrected chi connectivity index (χ4v) is 3.97. The fourth-order valence-electron chi connectivity index (χ4n) is 3.97. The first-order valence-electron chi connectivity index (χ1n) is 10.8. The van der Waals surface area contributed by atoms with Gasteiger partial charge in [0.2, 0.25) is 11.8 Å². The number of benzene rings is 1. The second-order valence-corrected chi connectivity index (χ2v) is 9.38. The molecule has 6 heteroatoms. The van der Waals surface area contributed by atoms with Crippen molar-refractivity contribution in [3.63, 3.8) is 0 Å². The molecule has 30 heavy (non-hydrogen) atoms. The monoisotopic (exact) mass is 410 g/mol. The van der Waals surface area contributed by atoms with Gasteiger partial charge in [-0.2, -0.15) is 5.10 Å². The lowest BCUT2D eigenvalue weighted by Gasteiger charge is -2.33. The highest BCUT2D eigenvalue weighted by Gasteiger charge is 2.27. The van der Waals surface area contributed by atoms with Crippen molar-refractivity contribution in [3.8, 4) is 5.69 Å². The molecule has 1 unspecified atom stereocenters. The number of piperidine rings is 1. The second-order valence-electron chi connectivity index (χ2n) is 9.38. The van der Waals surface area contributed by atoms with Crippen LogP contribution in [0.1, 0.15) is 50.6 Å². The predicted octanol–water partition coefficient (Wildman–Crippen LogP) is 3.43. The standard InChI is InChI=1S/C24H34N4O2/c1-17-21(18(2)28(26-17)20-11-7-6-8-12-20)14-22(29)27-13-9-10-19(16-27)15-25-23(30)24(3,4)5/h6-8,11-12,19H,9-10,13-16H2,1-5H3,(H,25,30). The summed E-state index contributed by atoms with van der Waals surface area (Å²) in [4.78, 5) is 27.2. The lowest BCUT2D eigenvalue weighted by molar-refractivity contribution is -0.132. The van der Waals surface area contributed by atoms with Gasteiger partial charge >= 0.3 is 0 Å². The van der Waals surface area contributed by atoms with Crippen LogP contribution in [0.5, 0.6) is 0 Å². The van der Waals surface area contributed by atoms with Crippen LogP contribution in [-0.4, -0.2) is 46.1 Å². The number of para-hydroxylation sites is 1. The molecule has 1 fully saturated rings. The zero-order valence-electron chi connectivity index (χ0n) is 18.9. The molecule has 0 saturated carbocycles. The molecule has 0 bridgehead atoms. The van der Waals surface area contributed by atoms with Crippen LogP contribution in [0.25, 0.3) is 5.69 Å². The number of hydrogen-bond acceptors (Lipinski definition) is 3. The Bertz CT molecular complexity index is 896.